The first-order chi connectivity index (χ1) is 10.9. The monoisotopic (exact) mass is 325 g/mol. The van der Waals surface area contributed by atoms with E-state index in [0.29, 0.717) is 24.3 Å². The molecular formula is C16H20FNO5. The van der Waals surface area contributed by atoms with E-state index < -0.39 is 17.8 Å². The van der Waals surface area contributed by atoms with Crippen LogP contribution in [0.4, 0.5) is 4.39 Å². The molecule has 1 aliphatic rings. The molecule has 1 heterocycles. The number of halogens is 1. The summed E-state index contributed by atoms with van der Waals surface area (Å²) in [5.41, 5.74) is 0.437. The van der Waals surface area contributed by atoms with E-state index in [9.17, 15) is 14.0 Å². The van der Waals surface area contributed by atoms with Gasteiger partial charge in [0, 0.05) is 25.3 Å². The quantitative estimate of drug-likeness (QED) is 0.857. The van der Waals surface area contributed by atoms with E-state index in [1.165, 1.54) is 37.3 Å². The van der Waals surface area contributed by atoms with Crippen LogP contribution in [0.25, 0.3) is 0 Å². The number of aliphatic carboxylic acids is 1. The largest absolute Gasteiger partial charge is 0.496 e. The van der Waals surface area contributed by atoms with E-state index in [-0.39, 0.29) is 24.9 Å². The van der Waals surface area contributed by atoms with Crippen LogP contribution < -0.4 is 4.74 Å². The lowest BCUT2D eigenvalue weighted by Crippen LogP contribution is -2.38. The summed E-state index contributed by atoms with van der Waals surface area (Å²) >= 11 is 0. The molecule has 2 unspecified atom stereocenters. The number of hydrogen-bond donors (Lipinski definition) is 1. The minimum atomic E-state index is -0.965. The van der Waals surface area contributed by atoms with Gasteiger partial charge in [-0.1, -0.05) is 0 Å². The number of methoxy groups -OCH3 is 2. The standard InChI is InChI=1S/C16H20FNO5/c1-22-13-7-12(8-16(20)21)18(9-13)15(19)6-10-5-11(17)3-4-14(10)23-2/h3-5,12-13H,6-9H2,1-2H3,(H,20,21). The van der Waals surface area contributed by atoms with Gasteiger partial charge in [0.15, 0.2) is 0 Å². The Morgan fingerprint density at radius 2 is 2.13 bits per heavy atom. The van der Waals surface area contributed by atoms with Crippen LogP contribution in [0.5, 0.6) is 5.75 Å². The summed E-state index contributed by atoms with van der Waals surface area (Å²) in [7, 11) is 2.98. The van der Waals surface area contributed by atoms with Crippen molar-refractivity contribution in [2.45, 2.75) is 31.4 Å². The van der Waals surface area contributed by atoms with Gasteiger partial charge in [0.05, 0.1) is 26.1 Å². The molecule has 0 spiro atoms. The Balaban J connectivity index is 2.15. The first-order valence-corrected chi connectivity index (χ1v) is 7.31. The maximum Gasteiger partial charge on any atom is 0.305 e. The van der Waals surface area contributed by atoms with Gasteiger partial charge < -0.3 is 19.5 Å². The van der Waals surface area contributed by atoms with Crippen molar-refractivity contribution in [1.82, 2.24) is 4.90 Å². The molecule has 1 saturated heterocycles. The third kappa shape index (κ3) is 4.19. The molecular weight excluding hydrogens is 305 g/mol. The van der Waals surface area contributed by atoms with Gasteiger partial charge in [-0.25, -0.2) is 4.39 Å². The number of hydrogen-bond acceptors (Lipinski definition) is 4. The zero-order valence-corrected chi connectivity index (χ0v) is 13.1. The zero-order valence-electron chi connectivity index (χ0n) is 13.1. The van der Waals surface area contributed by atoms with Gasteiger partial charge >= 0.3 is 5.97 Å². The molecule has 1 aromatic carbocycles. The predicted molar refractivity (Wildman–Crippen MR) is 79.8 cm³/mol. The van der Waals surface area contributed by atoms with Crippen LogP contribution in [-0.2, 0) is 20.7 Å². The second-order valence-corrected chi connectivity index (χ2v) is 5.52. The van der Waals surface area contributed by atoms with E-state index in [0.717, 1.165) is 0 Å². The van der Waals surface area contributed by atoms with Crippen LogP contribution >= 0.6 is 0 Å². The fourth-order valence-electron chi connectivity index (χ4n) is 2.89. The Kier molecular flexibility index (Phi) is 5.54. The first-order valence-electron chi connectivity index (χ1n) is 7.31. The molecule has 1 aliphatic heterocycles. The summed E-state index contributed by atoms with van der Waals surface area (Å²) in [6.07, 6.45) is 0.117. The van der Waals surface area contributed by atoms with Crippen molar-refractivity contribution < 1.29 is 28.6 Å². The Hall–Kier alpha value is -2.15. The number of carboxylic acid groups (broad SMARTS) is 1. The van der Waals surface area contributed by atoms with Crippen molar-refractivity contribution in [1.29, 1.82) is 0 Å². The Bertz CT molecular complexity index is 592. The third-order valence-electron chi connectivity index (χ3n) is 4.02. The molecule has 0 aliphatic carbocycles. The molecule has 7 heteroatoms. The van der Waals surface area contributed by atoms with Gasteiger partial charge in [0.25, 0.3) is 0 Å². The lowest BCUT2D eigenvalue weighted by molar-refractivity contribution is -0.139. The molecule has 1 aromatic rings. The number of carbonyl (C=O) groups excluding carboxylic acids is 1. The second-order valence-electron chi connectivity index (χ2n) is 5.52. The molecule has 0 radical (unpaired) electrons. The Labute approximate surface area is 133 Å². The predicted octanol–water partition coefficient (Wildman–Crippen LogP) is 1.47. The molecule has 6 nitrogen and oxygen atoms in total. The molecule has 0 saturated carbocycles. The summed E-state index contributed by atoms with van der Waals surface area (Å²) in [5.74, 6) is -1.25. The van der Waals surface area contributed by atoms with Gasteiger partial charge in [0.1, 0.15) is 11.6 Å². The minimum absolute atomic E-state index is 0.0481. The molecule has 1 N–H and O–H groups in total. The zero-order chi connectivity index (χ0) is 17.0. The number of amides is 1. The van der Waals surface area contributed by atoms with Crippen molar-refractivity contribution in [3.63, 3.8) is 0 Å². The van der Waals surface area contributed by atoms with E-state index >= 15 is 0 Å². The lowest BCUT2D eigenvalue weighted by atomic mass is 10.1. The maximum absolute atomic E-state index is 13.4. The van der Waals surface area contributed by atoms with E-state index in [1.54, 1.807) is 0 Å². The molecule has 0 bridgehead atoms. The number of ether oxygens (including phenoxy) is 2. The number of benzene rings is 1. The Morgan fingerprint density at radius 1 is 1.39 bits per heavy atom. The van der Waals surface area contributed by atoms with Gasteiger partial charge in [-0.05, 0) is 24.6 Å². The van der Waals surface area contributed by atoms with Gasteiger partial charge in [-0.3, -0.25) is 9.59 Å². The highest BCUT2D eigenvalue weighted by Crippen LogP contribution is 2.26. The molecule has 1 amide bonds. The average molecular weight is 325 g/mol. The third-order valence-corrected chi connectivity index (χ3v) is 4.02. The highest BCUT2D eigenvalue weighted by molar-refractivity contribution is 5.81. The van der Waals surface area contributed by atoms with Crippen molar-refractivity contribution >= 4 is 11.9 Å². The number of carboxylic acids is 1. The second kappa shape index (κ2) is 7.41. The normalized spacial score (nSPS) is 20.6. The average Bonchev–Trinajstić information content (AvgIpc) is 2.90. The van der Waals surface area contributed by atoms with Crippen LogP contribution in [0, 0.1) is 5.82 Å². The number of likely N-dealkylation sites (tertiary alicyclic amines) is 1. The maximum atomic E-state index is 13.4. The summed E-state index contributed by atoms with van der Waals surface area (Å²) in [5, 5.41) is 8.99. The Morgan fingerprint density at radius 3 is 2.74 bits per heavy atom. The molecule has 126 valence electrons. The van der Waals surface area contributed by atoms with Crippen molar-refractivity contribution in [2.24, 2.45) is 0 Å². The van der Waals surface area contributed by atoms with Crippen molar-refractivity contribution in [2.75, 3.05) is 20.8 Å². The lowest BCUT2D eigenvalue weighted by Gasteiger charge is -2.23. The van der Waals surface area contributed by atoms with Crippen LogP contribution in [0.3, 0.4) is 0 Å². The topological polar surface area (TPSA) is 76.1 Å². The van der Waals surface area contributed by atoms with Gasteiger partial charge in [-0.15, -0.1) is 0 Å². The van der Waals surface area contributed by atoms with E-state index in [2.05, 4.69) is 0 Å². The van der Waals surface area contributed by atoms with Crippen LogP contribution in [-0.4, -0.2) is 54.8 Å². The van der Waals surface area contributed by atoms with Crippen LogP contribution in [0.15, 0.2) is 18.2 Å². The summed E-state index contributed by atoms with van der Waals surface area (Å²) in [6, 6.07) is 3.57. The molecule has 2 rings (SSSR count). The summed E-state index contributed by atoms with van der Waals surface area (Å²) in [4.78, 5) is 25.0. The number of nitrogens with zero attached hydrogens (tertiary/aromatic N) is 1. The first kappa shape index (κ1) is 17.2. The van der Waals surface area contributed by atoms with E-state index in [1.807, 2.05) is 0 Å². The SMILES string of the molecule is COc1ccc(F)cc1CC(=O)N1CC(OC)CC1CC(=O)O. The molecule has 2 atom stereocenters. The highest BCUT2D eigenvalue weighted by atomic mass is 19.1. The fraction of sp³-hybridized carbons (Fsp3) is 0.500. The molecule has 1 fully saturated rings. The number of carbonyl (C=O) groups is 2. The molecule has 0 aromatic heterocycles. The van der Waals surface area contributed by atoms with E-state index in [4.69, 9.17) is 14.6 Å². The highest BCUT2D eigenvalue weighted by Gasteiger charge is 2.36. The van der Waals surface area contributed by atoms with Crippen molar-refractivity contribution in [3.05, 3.63) is 29.6 Å². The van der Waals surface area contributed by atoms with Gasteiger partial charge in [0.2, 0.25) is 5.91 Å². The minimum Gasteiger partial charge on any atom is -0.496 e. The van der Waals surface area contributed by atoms with Crippen LogP contribution in [0.2, 0.25) is 0 Å². The summed E-state index contributed by atoms with van der Waals surface area (Å²) < 4.78 is 23.8. The van der Waals surface area contributed by atoms with Gasteiger partial charge in [-0.2, -0.15) is 0 Å². The van der Waals surface area contributed by atoms with Crippen molar-refractivity contribution in [3.8, 4) is 5.75 Å². The fourth-order valence-corrected chi connectivity index (χ4v) is 2.89. The summed E-state index contributed by atoms with van der Waals surface area (Å²) in [6.45, 7) is 0.338. The smallest absolute Gasteiger partial charge is 0.305 e. The van der Waals surface area contributed by atoms with Crippen LogP contribution in [0.1, 0.15) is 18.4 Å². The number of rotatable bonds is 6. The molecule has 23 heavy (non-hydrogen) atoms.